The van der Waals surface area contributed by atoms with E-state index in [9.17, 15) is 4.79 Å². The third-order valence-corrected chi connectivity index (χ3v) is 3.71. The number of nitrogens with zero attached hydrogens (tertiary/aromatic N) is 2. The lowest BCUT2D eigenvalue weighted by Gasteiger charge is -2.04. The van der Waals surface area contributed by atoms with E-state index in [1.807, 2.05) is 34.3 Å². The molecule has 6 heteroatoms. The number of aromatic nitrogens is 2. The summed E-state index contributed by atoms with van der Waals surface area (Å²) in [4.78, 5) is 16.9. The molecule has 0 aliphatic carbocycles. The van der Waals surface area contributed by atoms with Crippen LogP contribution in [0.2, 0.25) is 0 Å². The fraction of sp³-hybridized carbons (Fsp3) is 0.0769. The number of hydrogen-bond donors (Lipinski definition) is 2. The number of hydrogen-bond acceptors (Lipinski definition) is 4. The molecule has 3 aromatic heterocycles. The van der Waals surface area contributed by atoms with E-state index >= 15 is 0 Å². The first-order chi connectivity index (χ1) is 9.28. The van der Waals surface area contributed by atoms with E-state index in [0.717, 1.165) is 17.6 Å². The van der Waals surface area contributed by atoms with Crippen molar-refractivity contribution in [1.29, 1.82) is 0 Å². The van der Waals surface area contributed by atoms with Crippen LogP contribution in [0.1, 0.15) is 15.4 Å². The van der Waals surface area contributed by atoms with Crippen LogP contribution < -0.4 is 5.48 Å². The quantitative estimate of drug-likeness (QED) is 0.568. The van der Waals surface area contributed by atoms with Gasteiger partial charge < -0.3 is 4.57 Å². The molecule has 1 amide bonds. The molecule has 5 nitrogen and oxygen atoms in total. The van der Waals surface area contributed by atoms with Crippen LogP contribution in [-0.2, 0) is 6.54 Å². The van der Waals surface area contributed by atoms with E-state index in [1.54, 1.807) is 22.9 Å². The molecule has 3 rings (SSSR count). The Morgan fingerprint density at radius 1 is 1.37 bits per heavy atom. The number of thiophene rings is 1. The van der Waals surface area contributed by atoms with Crippen molar-refractivity contribution in [3.8, 4) is 0 Å². The van der Waals surface area contributed by atoms with Gasteiger partial charge in [-0.15, -0.1) is 11.3 Å². The van der Waals surface area contributed by atoms with Crippen molar-refractivity contribution >= 4 is 28.3 Å². The topological polar surface area (TPSA) is 67.2 Å². The second-order valence-electron chi connectivity index (χ2n) is 4.07. The van der Waals surface area contributed by atoms with Gasteiger partial charge in [0.15, 0.2) is 0 Å². The van der Waals surface area contributed by atoms with Crippen LogP contribution in [-0.4, -0.2) is 20.7 Å². The predicted octanol–water partition coefficient (Wildman–Crippen LogP) is 2.27. The van der Waals surface area contributed by atoms with Gasteiger partial charge in [-0.1, -0.05) is 6.07 Å². The molecule has 0 saturated heterocycles. The van der Waals surface area contributed by atoms with Crippen LogP contribution in [0.3, 0.4) is 0 Å². The summed E-state index contributed by atoms with van der Waals surface area (Å²) in [7, 11) is 0. The van der Waals surface area contributed by atoms with Gasteiger partial charge >= 0.3 is 0 Å². The monoisotopic (exact) mass is 273 g/mol. The van der Waals surface area contributed by atoms with Crippen molar-refractivity contribution in [1.82, 2.24) is 15.0 Å². The molecule has 0 aliphatic heterocycles. The highest BCUT2D eigenvalue weighted by Gasteiger charge is 2.09. The summed E-state index contributed by atoms with van der Waals surface area (Å²) < 4.78 is 1.98. The summed E-state index contributed by atoms with van der Waals surface area (Å²) in [5.41, 5.74) is 2.52. The first kappa shape index (κ1) is 11.9. The Hall–Kier alpha value is -2.18. The van der Waals surface area contributed by atoms with Crippen LogP contribution in [0.5, 0.6) is 0 Å². The van der Waals surface area contributed by atoms with Gasteiger partial charge in [0.2, 0.25) is 0 Å². The van der Waals surface area contributed by atoms with Crippen LogP contribution in [0.15, 0.2) is 41.9 Å². The third kappa shape index (κ3) is 2.23. The normalized spacial score (nSPS) is 10.8. The second-order valence-corrected chi connectivity index (χ2v) is 5.11. The molecular weight excluding hydrogens is 262 g/mol. The van der Waals surface area contributed by atoms with E-state index in [4.69, 9.17) is 5.21 Å². The molecule has 3 aromatic rings. The molecule has 0 aromatic carbocycles. The van der Waals surface area contributed by atoms with E-state index in [-0.39, 0.29) is 5.69 Å². The van der Waals surface area contributed by atoms with Crippen molar-refractivity contribution in [3.05, 3.63) is 52.5 Å². The van der Waals surface area contributed by atoms with Gasteiger partial charge in [0, 0.05) is 16.5 Å². The van der Waals surface area contributed by atoms with Crippen molar-refractivity contribution in [3.63, 3.8) is 0 Å². The maximum Gasteiger partial charge on any atom is 0.293 e. The number of carbonyl (C=O) groups excluding carboxylic acids is 1. The highest BCUT2D eigenvalue weighted by molar-refractivity contribution is 7.09. The molecule has 0 aliphatic rings. The van der Waals surface area contributed by atoms with Gasteiger partial charge in [-0.3, -0.25) is 10.0 Å². The van der Waals surface area contributed by atoms with Crippen LogP contribution in [0, 0.1) is 0 Å². The minimum Gasteiger partial charge on any atom is -0.327 e. The van der Waals surface area contributed by atoms with Crippen LogP contribution in [0.25, 0.3) is 11.0 Å². The minimum atomic E-state index is -0.606. The zero-order chi connectivity index (χ0) is 13.2. The smallest absolute Gasteiger partial charge is 0.293 e. The maximum atomic E-state index is 11.4. The largest absolute Gasteiger partial charge is 0.327 e. The first-order valence-electron chi connectivity index (χ1n) is 5.70. The Balaban J connectivity index is 2.03. The highest BCUT2D eigenvalue weighted by Crippen LogP contribution is 2.18. The molecule has 0 bridgehead atoms. The molecular formula is C13H11N3O2S. The Morgan fingerprint density at radius 2 is 2.26 bits per heavy atom. The summed E-state index contributed by atoms with van der Waals surface area (Å²) in [6, 6.07) is 9.42. The average molecular weight is 273 g/mol. The van der Waals surface area contributed by atoms with Gasteiger partial charge in [0.05, 0.1) is 6.54 Å². The molecule has 96 valence electrons. The number of fused-ring (bicyclic) bond motifs is 1. The molecule has 0 unspecified atom stereocenters. The molecule has 0 saturated carbocycles. The SMILES string of the molecule is O=C(NO)c1ccc2ccn(Cc3cccs3)c2n1. The Morgan fingerprint density at radius 3 is 3.00 bits per heavy atom. The zero-order valence-electron chi connectivity index (χ0n) is 9.91. The van der Waals surface area contributed by atoms with Crippen LogP contribution >= 0.6 is 11.3 Å². The van der Waals surface area contributed by atoms with Crippen molar-refractivity contribution in [2.24, 2.45) is 0 Å². The Bertz CT molecular complexity index is 719. The summed E-state index contributed by atoms with van der Waals surface area (Å²) in [5.74, 6) is -0.606. The lowest BCUT2D eigenvalue weighted by molar-refractivity contribution is 0.0701. The predicted molar refractivity (Wildman–Crippen MR) is 72.4 cm³/mol. The lowest BCUT2D eigenvalue weighted by Crippen LogP contribution is -2.20. The Kier molecular flexibility index (Phi) is 3.02. The number of rotatable bonds is 3. The van der Waals surface area contributed by atoms with E-state index in [0.29, 0.717) is 0 Å². The number of hydroxylamine groups is 1. The van der Waals surface area contributed by atoms with E-state index in [1.165, 1.54) is 4.88 Å². The molecule has 0 radical (unpaired) electrons. The number of amides is 1. The van der Waals surface area contributed by atoms with Gasteiger partial charge in [-0.2, -0.15) is 0 Å². The molecule has 3 heterocycles. The van der Waals surface area contributed by atoms with Gasteiger partial charge in [0.1, 0.15) is 11.3 Å². The molecule has 2 N–H and O–H groups in total. The first-order valence-corrected chi connectivity index (χ1v) is 6.58. The molecule has 0 fully saturated rings. The van der Waals surface area contributed by atoms with Crippen LogP contribution in [0.4, 0.5) is 0 Å². The number of pyridine rings is 1. The van der Waals surface area contributed by atoms with Crippen molar-refractivity contribution < 1.29 is 10.0 Å². The Labute approximate surface area is 113 Å². The van der Waals surface area contributed by atoms with Crippen molar-refractivity contribution in [2.45, 2.75) is 6.54 Å². The molecule has 19 heavy (non-hydrogen) atoms. The third-order valence-electron chi connectivity index (χ3n) is 2.85. The van der Waals surface area contributed by atoms with Crippen molar-refractivity contribution in [2.75, 3.05) is 0 Å². The van der Waals surface area contributed by atoms with Gasteiger partial charge in [-0.25, -0.2) is 10.5 Å². The fourth-order valence-electron chi connectivity index (χ4n) is 1.94. The standard InChI is InChI=1S/C13H11N3O2S/c17-13(15-18)11-4-3-9-5-6-16(12(9)14-11)8-10-2-1-7-19-10/h1-7,18H,8H2,(H,15,17). The average Bonchev–Trinajstić information content (AvgIpc) is 3.08. The summed E-state index contributed by atoms with van der Waals surface area (Å²) in [5, 5.41) is 11.6. The maximum absolute atomic E-state index is 11.4. The summed E-state index contributed by atoms with van der Waals surface area (Å²) >= 11 is 1.68. The molecule has 0 spiro atoms. The van der Waals surface area contributed by atoms with Gasteiger partial charge in [0.25, 0.3) is 5.91 Å². The fourth-order valence-corrected chi connectivity index (χ4v) is 2.64. The number of nitrogens with one attached hydrogen (secondary N) is 1. The second kappa shape index (κ2) is 4.83. The lowest BCUT2D eigenvalue weighted by atomic mass is 10.3. The van der Waals surface area contributed by atoms with Gasteiger partial charge in [-0.05, 0) is 29.6 Å². The molecule has 0 atom stereocenters. The summed E-state index contributed by atoms with van der Waals surface area (Å²) in [6.07, 6.45) is 1.94. The highest BCUT2D eigenvalue weighted by atomic mass is 32.1. The number of carbonyl (C=O) groups is 1. The van der Waals surface area contributed by atoms with E-state index < -0.39 is 5.91 Å². The van der Waals surface area contributed by atoms with E-state index in [2.05, 4.69) is 11.1 Å². The minimum absolute atomic E-state index is 0.195. The summed E-state index contributed by atoms with van der Waals surface area (Å²) in [6.45, 7) is 0.721. The zero-order valence-corrected chi connectivity index (χ0v) is 10.7.